The van der Waals surface area contributed by atoms with Gasteiger partial charge in [-0.05, 0) is 35.9 Å². The van der Waals surface area contributed by atoms with Crippen molar-refractivity contribution >= 4 is 17.1 Å². The number of nitro benzene ring substituents is 2. The van der Waals surface area contributed by atoms with Crippen molar-refractivity contribution in [3.05, 3.63) is 104 Å². The highest BCUT2D eigenvalue weighted by atomic mass is 16.6. The molecule has 0 bridgehead atoms. The Morgan fingerprint density at radius 2 is 1.73 bits per heavy atom. The Labute approximate surface area is 188 Å². The highest BCUT2D eigenvalue weighted by Crippen LogP contribution is 2.48. The Morgan fingerprint density at radius 1 is 1.00 bits per heavy atom. The van der Waals surface area contributed by atoms with Gasteiger partial charge < -0.3 is 9.47 Å². The second-order valence-electron chi connectivity index (χ2n) is 7.68. The molecule has 0 aliphatic carbocycles. The molecule has 2 atom stereocenters. The highest BCUT2D eigenvalue weighted by Gasteiger charge is 2.42. The number of hydrazone groups is 1. The summed E-state index contributed by atoms with van der Waals surface area (Å²) in [6.45, 7) is 0. The fraction of sp³-hybridized carbons (Fsp3) is 0.174. The van der Waals surface area contributed by atoms with Gasteiger partial charge in [0.05, 0.1) is 28.7 Å². The summed E-state index contributed by atoms with van der Waals surface area (Å²) < 4.78 is 11.4. The fourth-order valence-corrected chi connectivity index (χ4v) is 4.16. The summed E-state index contributed by atoms with van der Waals surface area (Å²) >= 11 is 0. The Hall–Kier alpha value is -4.47. The molecule has 2 aliphatic rings. The first-order valence-corrected chi connectivity index (χ1v) is 10.1. The number of rotatable bonds is 5. The van der Waals surface area contributed by atoms with Crippen molar-refractivity contribution in [2.45, 2.75) is 18.7 Å². The maximum absolute atomic E-state index is 11.4. The first-order valence-electron chi connectivity index (χ1n) is 10.1. The molecular weight excluding hydrogens is 428 g/mol. The Balaban J connectivity index is 1.60. The number of methoxy groups -OCH3 is 1. The van der Waals surface area contributed by atoms with Crippen LogP contribution in [-0.4, -0.2) is 27.7 Å². The number of non-ortho nitro benzene ring substituents is 2. The quantitative estimate of drug-likeness (QED) is 0.409. The van der Waals surface area contributed by atoms with Crippen molar-refractivity contribution in [2.75, 3.05) is 7.11 Å². The van der Waals surface area contributed by atoms with Crippen LogP contribution in [0, 0.1) is 20.2 Å². The largest absolute Gasteiger partial charge is 0.497 e. The third-order valence-corrected chi connectivity index (χ3v) is 5.77. The topological polar surface area (TPSA) is 120 Å². The predicted octanol–water partition coefficient (Wildman–Crippen LogP) is 4.75. The molecule has 3 aromatic carbocycles. The minimum atomic E-state index is -0.723. The van der Waals surface area contributed by atoms with Crippen molar-refractivity contribution < 1.29 is 19.3 Å². The Morgan fingerprint density at radius 3 is 2.42 bits per heavy atom. The van der Waals surface area contributed by atoms with E-state index in [4.69, 9.17) is 14.6 Å². The van der Waals surface area contributed by atoms with Crippen molar-refractivity contribution in [1.29, 1.82) is 0 Å². The van der Waals surface area contributed by atoms with Gasteiger partial charge in [0.25, 0.3) is 11.4 Å². The maximum atomic E-state index is 11.4. The number of ether oxygens (including phenoxy) is 2. The summed E-state index contributed by atoms with van der Waals surface area (Å²) in [5.74, 6) is 1.21. The van der Waals surface area contributed by atoms with E-state index in [0.717, 1.165) is 11.3 Å². The minimum Gasteiger partial charge on any atom is -0.497 e. The summed E-state index contributed by atoms with van der Waals surface area (Å²) in [5, 5.41) is 29.2. The van der Waals surface area contributed by atoms with Crippen LogP contribution < -0.4 is 9.47 Å². The molecule has 0 unspecified atom stereocenters. The molecule has 10 heteroatoms. The molecule has 0 saturated carbocycles. The van der Waals surface area contributed by atoms with E-state index < -0.39 is 16.1 Å². The van der Waals surface area contributed by atoms with Crippen LogP contribution in [0.25, 0.3) is 0 Å². The lowest BCUT2D eigenvalue weighted by Gasteiger charge is -2.38. The van der Waals surface area contributed by atoms with Crippen molar-refractivity contribution in [2.24, 2.45) is 5.10 Å². The summed E-state index contributed by atoms with van der Waals surface area (Å²) in [5.41, 5.74) is 2.79. The molecule has 10 nitrogen and oxygen atoms in total. The van der Waals surface area contributed by atoms with Crippen LogP contribution in [0.3, 0.4) is 0 Å². The van der Waals surface area contributed by atoms with Crippen molar-refractivity contribution in [1.82, 2.24) is 5.01 Å². The molecule has 0 spiro atoms. The summed E-state index contributed by atoms with van der Waals surface area (Å²) in [6.07, 6.45) is -0.227. The second-order valence-corrected chi connectivity index (χ2v) is 7.68. The van der Waals surface area contributed by atoms with Gasteiger partial charge in [-0.15, -0.1) is 0 Å². The third-order valence-electron chi connectivity index (χ3n) is 5.77. The van der Waals surface area contributed by atoms with Crippen LogP contribution in [0.1, 0.15) is 35.4 Å². The first-order chi connectivity index (χ1) is 15.9. The van der Waals surface area contributed by atoms with Crippen LogP contribution >= 0.6 is 0 Å². The molecule has 2 aliphatic heterocycles. The van der Waals surface area contributed by atoms with E-state index in [2.05, 4.69) is 0 Å². The third kappa shape index (κ3) is 3.61. The molecule has 0 radical (unpaired) electrons. The zero-order valence-electron chi connectivity index (χ0n) is 17.5. The smallest absolute Gasteiger partial charge is 0.270 e. The zero-order chi connectivity index (χ0) is 23.1. The van der Waals surface area contributed by atoms with Crippen LogP contribution in [0.2, 0.25) is 0 Å². The predicted molar refractivity (Wildman–Crippen MR) is 118 cm³/mol. The van der Waals surface area contributed by atoms with Gasteiger partial charge in [-0.25, -0.2) is 5.01 Å². The van der Waals surface area contributed by atoms with Crippen molar-refractivity contribution in [3.8, 4) is 11.5 Å². The number of hydrogen-bond acceptors (Lipinski definition) is 8. The van der Waals surface area contributed by atoms with E-state index in [1.54, 1.807) is 30.3 Å². The average molecular weight is 446 g/mol. The van der Waals surface area contributed by atoms with Crippen LogP contribution in [-0.2, 0) is 0 Å². The normalized spacial score (nSPS) is 18.6. The van der Waals surface area contributed by atoms with E-state index in [1.165, 1.54) is 24.3 Å². The lowest BCUT2D eigenvalue weighted by atomic mass is 9.95. The van der Waals surface area contributed by atoms with Gasteiger partial charge in [0, 0.05) is 41.8 Å². The van der Waals surface area contributed by atoms with E-state index in [1.807, 2.05) is 24.3 Å². The number of fused-ring (bicyclic) bond motifs is 3. The molecule has 0 N–H and O–H groups in total. The van der Waals surface area contributed by atoms with Gasteiger partial charge in [-0.2, -0.15) is 5.10 Å². The maximum Gasteiger partial charge on any atom is 0.270 e. The van der Waals surface area contributed by atoms with Gasteiger partial charge in [-0.3, -0.25) is 20.2 Å². The first kappa shape index (κ1) is 20.4. The minimum absolute atomic E-state index is 0.0380. The number of nitrogens with zero attached hydrogens (tertiary/aromatic N) is 4. The molecule has 166 valence electrons. The highest BCUT2D eigenvalue weighted by molar-refractivity contribution is 6.02. The SMILES string of the molecule is COc1ccc(C2=NN3[C@@H](c4cccc([N+](=O)[O-])c4)Oc4ccc([N+](=O)[O-])cc4[C@@H]3C2)cc1. The average Bonchev–Trinajstić information content (AvgIpc) is 3.29. The van der Waals surface area contributed by atoms with E-state index in [-0.39, 0.29) is 17.4 Å². The van der Waals surface area contributed by atoms with Crippen LogP contribution in [0.4, 0.5) is 11.4 Å². The monoisotopic (exact) mass is 446 g/mol. The van der Waals surface area contributed by atoms with Crippen LogP contribution in [0.5, 0.6) is 11.5 Å². The van der Waals surface area contributed by atoms with Gasteiger partial charge >= 0.3 is 0 Å². The standard InChI is InChI=1S/C23H18N4O6/c1-32-18-8-5-14(6-9-18)20-13-21-19-12-17(27(30)31)7-10-22(19)33-23(25(21)24-20)15-3-2-4-16(11-15)26(28)29/h2-12,21,23H,13H2,1H3/t21-,23+/m0/s1. The van der Waals surface area contributed by atoms with Gasteiger partial charge in [-0.1, -0.05) is 12.1 Å². The van der Waals surface area contributed by atoms with E-state index >= 15 is 0 Å². The molecular formula is C23H18N4O6. The number of benzene rings is 3. The molecule has 0 aromatic heterocycles. The second kappa shape index (κ2) is 7.90. The van der Waals surface area contributed by atoms with Crippen molar-refractivity contribution in [3.63, 3.8) is 0 Å². The molecule has 5 rings (SSSR count). The zero-order valence-corrected chi connectivity index (χ0v) is 17.5. The number of hydrogen-bond donors (Lipinski definition) is 0. The van der Waals surface area contributed by atoms with Crippen LogP contribution in [0.15, 0.2) is 71.8 Å². The van der Waals surface area contributed by atoms with E-state index in [0.29, 0.717) is 29.0 Å². The van der Waals surface area contributed by atoms with Gasteiger partial charge in [0.15, 0.2) is 0 Å². The number of nitro groups is 2. The summed E-state index contributed by atoms with van der Waals surface area (Å²) in [6, 6.07) is 17.8. The summed E-state index contributed by atoms with van der Waals surface area (Å²) in [4.78, 5) is 21.8. The molecule has 3 aromatic rings. The van der Waals surface area contributed by atoms with E-state index in [9.17, 15) is 20.2 Å². The molecule has 33 heavy (non-hydrogen) atoms. The molecule has 0 amide bonds. The fourth-order valence-electron chi connectivity index (χ4n) is 4.16. The van der Waals surface area contributed by atoms with Gasteiger partial charge in [0.2, 0.25) is 6.23 Å². The Kier molecular flexibility index (Phi) is 4.89. The molecule has 0 fully saturated rings. The molecule has 0 saturated heterocycles. The Bertz CT molecular complexity index is 1290. The lowest BCUT2D eigenvalue weighted by molar-refractivity contribution is -0.385. The summed E-state index contributed by atoms with van der Waals surface area (Å²) in [7, 11) is 1.59. The van der Waals surface area contributed by atoms with Gasteiger partial charge in [0.1, 0.15) is 11.5 Å². The lowest BCUT2D eigenvalue weighted by Crippen LogP contribution is -2.33. The molecule has 2 heterocycles.